The number of allylic oxidation sites excluding steroid dienone is 4. The van der Waals surface area contributed by atoms with Crippen molar-refractivity contribution in [3.63, 3.8) is 0 Å². The van der Waals surface area contributed by atoms with Gasteiger partial charge in [0, 0.05) is 18.6 Å². The van der Waals surface area contributed by atoms with E-state index in [9.17, 15) is 0 Å². The summed E-state index contributed by atoms with van der Waals surface area (Å²) in [6.07, 6.45) is 9.76. The first-order valence-corrected chi connectivity index (χ1v) is 5.26. The van der Waals surface area contributed by atoms with Gasteiger partial charge in [0.15, 0.2) is 0 Å². The Bertz CT molecular complexity index is 355. The summed E-state index contributed by atoms with van der Waals surface area (Å²) in [6.45, 7) is 13.4. The largest absolute Gasteiger partial charge is 0.263 e. The van der Waals surface area contributed by atoms with Crippen LogP contribution in [-0.2, 0) is 0 Å². The Kier molecular flexibility index (Phi) is 7.68. The SMILES string of the molecule is C=CCC(=C)/C(C)=C/N=C(C)C=N/C=C\C. The van der Waals surface area contributed by atoms with Crippen LogP contribution >= 0.6 is 0 Å². The molecule has 2 nitrogen and oxygen atoms in total. The lowest BCUT2D eigenvalue weighted by Gasteiger charge is -2.00. The van der Waals surface area contributed by atoms with Crippen molar-refractivity contribution in [3.8, 4) is 0 Å². The lowest BCUT2D eigenvalue weighted by Crippen LogP contribution is -1.91. The van der Waals surface area contributed by atoms with E-state index in [0.29, 0.717) is 0 Å². The van der Waals surface area contributed by atoms with Gasteiger partial charge in [-0.05, 0) is 38.3 Å². The molecule has 0 aromatic heterocycles. The van der Waals surface area contributed by atoms with E-state index in [1.807, 2.05) is 39.1 Å². The van der Waals surface area contributed by atoms with E-state index >= 15 is 0 Å². The van der Waals surface area contributed by atoms with E-state index in [1.54, 1.807) is 12.4 Å². The van der Waals surface area contributed by atoms with Crippen LogP contribution in [0, 0.1) is 0 Å². The van der Waals surface area contributed by atoms with Crippen molar-refractivity contribution in [1.82, 2.24) is 0 Å². The van der Waals surface area contributed by atoms with Crippen LogP contribution in [0.2, 0.25) is 0 Å². The van der Waals surface area contributed by atoms with E-state index in [4.69, 9.17) is 0 Å². The summed E-state index contributed by atoms with van der Waals surface area (Å²) < 4.78 is 0. The predicted molar refractivity (Wildman–Crippen MR) is 74.1 cm³/mol. The molecule has 0 bridgehead atoms. The molecule has 0 rings (SSSR count). The molecule has 0 aromatic rings. The van der Waals surface area contributed by atoms with Crippen LogP contribution in [0.4, 0.5) is 0 Å². The molecule has 0 spiro atoms. The minimum atomic E-state index is 0.795. The minimum absolute atomic E-state index is 0.795. The standard InChI is InChI=1S/C14H20N2/c1-6-8-12(3)13(4)10-16-14(5)11-15-9-7-2/h6-7,9-11H,1,3,8H2,2,4-5H3/b9-7-,13-10+,15-11?,16-14?. The summed E-state index contributed by atoms with van der Waals surface area (Å²) in [5, 5.41) is 0. The molecule has 2 heteroatoms. The van der Waals surface area contributed by atoms with Crippen molar-refractivity contribution in [2.24, 2.45) is 9.98 Å². The Morgan fingerprint density at radius 3 is 2.56 bits per heavy atom. The molecular weight excluding hydrogens is 196 g/mol. The highest BCUT2D eigenvalue weighted by Crippen LogP contribution is 2.11. The minimum Gasteiger partial charge on any atom is -0.263 e. The van der Waals surface area contributed by atoms with Gasteiger partial charge in [0.1, 0.15) is 0 Å². The fourth-order valence-electron chi connectivity index (χ4n) is 0.895. The molecule has 0 saturated heterocycles. The molecule has 0 heterocycles. The van der Waals surface area contributed by atoms with Crippen molar-refractivity contribution in [1.29, 1.82) is 0 Å². The van der Waals surface area contributed by atoms with Gasteiger partial charge in [0.25, 0.3) is 0 Å². The third-order valence-electron chi connectivity index (χ3n) is 1.91. The number of rotatable bonds is 6. The van der Waals surface area contributed by atoms with E-state index in [-0.39, 0.29) is 0 Å². The second kappa shape index (κ2) is 8.60. The van der Waals surface area contributed by atoms with Gasteiger partial charge in [0.2, 0.25) is 0 Å². The van der Waals surface area contributed by atoms with Crippen molar-refractivity contribution in [2.45, 2.75) is 27.2 Å². The van der Waals surface area contributed by atoms with Crippen LogP contribution in [-0.4, -0.2) is 11.9 Å². The lowest BCUT2D eigenvalue weighted by molar-refractivity contribution is 1.21. The Labute approximate surface area is 98.5 Å². The van der Waals surface area contributed by atoms with Crippen LogP contribution in [0.3, 0.4) is 0 Å². The van der Waals surface area contributed by atoms with Gasteiger partial charge in [-0.3, -0.25) is 9.98 Å². The third kappa shape index (κ3) is 6.71. The molecular formula is C14H20N2. The second-order valence-corrected chi connectivity index (χ2v) is 3.44. The van der Waals surface area contributed by atoms with Gasteiger partial charge < -0.3 is 0 Å². The molecule has 16 heavy (non-hydrogen) atoms. The zero-order valence-corrected chi connectivity index (χ0v) is 10.4. The first-order chi connectivity index (χ1) is 7.61. The van der Waals surface area contributed by atoms with Crippen LogP contribution in [0.1, 0.15) is 27.2 Å². The molecule has 0 aliphatic heterocycles. The topological polar surface area (TPSA) is 24.7 Å². The van der Waals surface area contributed by atoms with Gasteiger partial charge in [-0.2, -0.15) is 0 Å². The maximum absolute atomic E-state index is 4.28. The van der Waals surface area contributed by atoms with Crippen molar-refractivity contribution in [2.75, 3.05) is 0 Å². The zero-order valence-electron chi connectivity index (χ0n) is 10.4. The molecule has 0 unspecified atom stereocenters. The van der Waals surface area contributed by atoms with Crippen molar-refractivity contribution < 1.29 is 0 Å². The molecule has 0 aliphatic rings. The Balaban J connectivity index is 4.48. The molecule has 0 fully saturated rings. The zero-order chi connectivity index (χ0) is 12.4. The first-order valence-electron chi connectivity index (χ1n) is 5.26. The van der Waals surface area contributed by atoms with Crippen LogP contribution in [0.25, 0.3) is 0 Å². The van der Waals surface area contributed by atoms with Gasteiger partial charge in [-0.15, -0.1) is 6.58 Å². The normalized spacial score (nSPS) is 13.7. The van der Waals surface area contributed by atoms with Crippen LogP contribution < -0.4 is 0 Å². The highest BCUT2D eigenvalue weighted by molar-refractivity contribution is 6.29. The fraction of sp³-hybridized carbons (Fsp3) is 0.286. The summed E-state index contributed by atoms with van der Waals surface area (Å²) in [6, 6.07) is 0. The quantitative estimate of drug-likeness (QED) is 0.363. The third-order valence-corrected chi connectivity index (χ3v) is 1.91. The highest BCUT2D eigenvalue weighted by atomic mass is 14.7. The Morgan fingerprint density at radius 2 is 2.00 bits per heavy atom. The number of hydrogen-bond acceptors (Lipinski definition) is 2. The molecule has 86 valence electrons. The molecule has 0 atom stereocenters. The smallest absolute Gasteiger partial charge is 0.0555 e. The lowest BCUT2D eigenvalue weighted by atomic mass is 10.1. The van der Waals surface area contributed by atoms with Gasteiger partial charge in [-0.25, -0.2) is 0 Å². The Morgan fingerprint density at radius 1 is 1.31 bits per heavy atom. The molecule has 0 radical (unpaired) electrons. The van der Waals surface area contributed by atoms with Gasteiger partial charge in [-0.1, -0.05) is 18.7 Å². The summed E-state index contributed by atoms with van der Waals surface area (Å²) >= 11 is 0. The second-order valence-electron chi connectivity index (χ2n) is 3.44. The van der Waals surface area contributed by atoms with Crippen LogP contribution in [0.15, 0.2) is 58.8 Å². The first kappa shape index (κ1) is 14.3. The molecule has 0 aliphatic carbocycles. The predicted octanol–water partition coefficient (Wildman–Crippen LogP) is 4.09. The molecule has 0 aromatic carbocycles. The number of aliphatic imine (C=N–C) groups is 2. The fourth-order valence-corrected chi connectivity index (χ4v) is 0.895. The summed E-state index contributed by atoms with van der Waals surface area (Å²) in [5.41, 5.74) is 2.97. The molecule has 0 amide bonds. The summed E-state index contributed by atoms with van der Waals surface area (Å²) in [7, 11) is 0. The van der Waals surface area contributed by atoms with E-state index in [1.165, 1.54) is 0 Å². The molecule has 0 saturated carbocycles. The Hall–Kier alpha value is -1.70. The van der Waals surface area contributed by atoms with Gasteiger partial charge in [0.05, 0.1) is 5.71 Å². The van der Waals surface area contributed by atoms with E-state index in [0.717, 1.165) is 23.3 Å². The maximum atomic E-state index is 4.28. The van der Waals surface area contributed by atoms with Crippen molar-refractivity contribution >= 4 is 11.9 Å². The van der Waals surface area contributed by atoms with E-state index in [2.05, 4.69) is 23.1 Å². The maximum Gasteiger partial charge on any atom is 0.0555 e. The number of hydrogen-bond donors (Lipinski definition) is 0. The van der Waals surface area contributed by atoms with Crippen LogP contribution in [0.5, 0.6) is 0 Å². The average Bonchev–Trinajstić information content (AvgIpc) is 2.26. The molecule has 0 N–H and O–H groups in total. The monoisotopic (exact) mass is 216 g/mol. The summed E-state index contributed by atoms with van der Waals surface area (Å²) in [4.78, 5) is 8.32. The highest BCUT2D eigenvalue weighted by Gasteiger charge is 1.92. The summed E-state index contributed by atoms with van der Waals surface area (Å²) in [5.74, 6) is 0. The van der Waals surface area contributed by atoms with Gasteiger partial charge >= 0.3 is 0 Å². The van der Waals surface area contributed by atoms with Crippen molar-refractivity contribution in [3.05, 3.63) is 48.9 Å². The van der Waals surface area contributed by atoms with E-state index < -0.39 is 0 Å². The average molecular weight is 216 g/mol. The number of nitrogens with zero attached hydrogens (tertiary/aromatic N) is 2.